The van der Waals surface area contributed by atoms with Crippen LogP contribution in [0.4, 0.5) is 5.69 Å². The molecule has 4 heteroatoms. The van der Waals surface area contributed by atoms with Gasteiger partial charge in [-0.3, -0.25) is 5.10 Å². The van der Waals surface area contributed by atoms with Crippen LogP contribution in [0.15, 0.2) is 24.3 Å². The summed E-state index contributed by atoms with van der Waals surface area (Å²) < 4.78 is 0. The molecule has 0 aliphatic rings. The molecule has 0 fully saturated rings. The van der Waals surface area contributed by atoms with Crippen LogP contribution in [0.2, 0.25) is 0 Å². The van der Waals surface area contributed by atoms with Crippen LogP contribution in [0, 0.1) is 6.92 Å². The van der Waals surface area contributed by atoms with E-state index in [0.29, 0.717) is 5.82 Å². The van der Waals surface area contributed by atoms with Crippen molar-refractivity contribution in [1.29, 1.82) is 0 Å². The van der Waals surface area contributed by atoms with Crippen LogP contribution in [-0.2, 0) is 0 Å². The number of aryl methyl sites for hydroxylation is 1. The van der Waals surface area contributed by atoms with Crippen molar-refractivity contribution in [3.8, 4) is 11.4 Å². The highest BCUT2D eigenvalue weighted by Crippen LogP contribution is 2.15. The third-order valence-electron chi connectivity index (χ3n) is 1.77. The summed E-state index contributed by atoms with van der Waals surface area (Å²) in [6.45, 7) is 1.87. The Balaban J connectivity index is 2.41. The van der Waals surface area contributed by atoms with Crippen molar-refractivity contribution in [2.45, 2.75) is 6.92 Å². The van der Waals surface area contributed by atoms with Gasteiger partial charge in [-0.25, -0.2) is 4.98 Å². The summed E-state index contributed by atoms with van der Waals surface area (Å²) in [7, 11) is 0. The molecular weight excluding hydrogens is 164 g/mol. The molecule has 1 heterocycles. The van der Waals surface area contributed by atoms with Crippen LogP contribution in [-0.4, -0.2) is 15.2 Å². The van der Waals surface area contributed by atoms with Gasteiger partial charge in [-0.1, -0.05) is 0 Å². The molecule has 1 aromatic heterocycles. The highest BCUT2D eigenvalue weighted by molar-refractivity contribution is 5.58. The van der Waals surface area contributed by atoms with E-state index in [2.05, 4.69) is 15.2 Å². The molecule has 0 unspecified atom stereocenters. The smallest absolute Gasteiger partial charge is 0.181 e. The molecule has 3 N–H and O–H groups in total. The number of hydrogen-bond acceptors (Lipinski definition) is 3. The predicted octanol–water partition coefficient (Wildman–Crippen LogP) is 1.36. The quantitative estimate of drug-likeness (QED) is 0.641. The van der Waals surface area contributed by atoms with Gasteiger partial charge in [-0.2, -0.15) is 5.10 Å². The van der Waals surface area contributed by atoms with Crippen molar-refractivity contribution in [3.05, 3.63) is 30.1 Å². The summed E-state index contributed by atoms with van der Waals surface area (Å²) in [5.41, 5.74) is 7.28. The van der Waals surface area contributed by atoms with Crippen LogP contribution >= 0.6 is 0 Å². The number of rotatable bonds is 1. The van der Waals surface area contributed by atoms with E-state index in [4.69, 9.17) is 5.73 Å². The van der Waals surface area contributed by atoms with Crippen LogP contribution in [0.5, 0.6) is 0 Å². The Morgan fingerprint density at radius 3 is 2.46 bits per heavy atom. The predicted molar refractivity (Wildman–Crippen MR) is 51.0 cm³/mol. The maximum absolute atomic E-state index is 5.56. The van der Waals surface area contributed by atoms with Gasteiger partial charge in [0.15, 0.2) is 5.82 Å². The maximum atomic E-state index is 5.56. The second-order valence-corrected chi connectivity index (χ2v) is 2.87. The lowest BCUT2D eigenvalue weighted by molar-refractivity contribution is 1.04. The van der Waals surface area contributed by atoms with E-state index in [9.17, 15) is 0 Å². The van der Waals surface area contributed by atoms with Gasteiger partial charge in [0.1, 0.15) is 5.82 Å². The molecule has 13 heavy (non-hydrogen) atoms. The minimum absolute atomic E-state index is 0.706. The minimum atomic E-state index is 0.706. The number of aromatic amines is 1. The van der Waals surface area contributed by atoms with Crippen molar-refractivity contribution in [1.82, 2.24) is 15.2 Å². The van der Waals surface area contributed by atoms with Crippen LogP contribution in [0.25, 0.3) is 11.4 Å². The van der Waals surface area contributed by atoms with Gasteiger partial charge >= 0.3 is 0 Å². The molecule has 2 aromatic rings. The van der Waals surface area contributed by atoms with E-state index >= 15 is 0 Å². The number of nitrogens with one attached hydrogen (secondary N) is 1. The van der Waals surface area contributed by atoms with E-state index in [1.807, 2.05) is 31.2 Å². The van der Waals surface area contributed by atoms with Crippen molar-refractivity contribution in [2.24, 2.45) is 0 Å². The molecule has 66 valence electrons. The Bertz CT molecular complexity index is 402. The highest BCUT2D eigenvalue weighted by Gasteiger charge is 2.01. The third kappa shape index (κ3) is 1.51. The molecule has 0 bridgehead atoms. The fraction of sp³-hybridized carbons (Fsp3) is 0.111. The zero-order valence-electron chi connectivity index (χ0n) is 7.28. The molecule has 0 amide bonds. The summed E-state index contributed by atoms with van der Waals surface area (Å²) in [6.07, 6.45) is 0. The van der Waals surface area contributed by atoms with Crippen LogP contribution in [0.1, 0.15) is 5.82 Å². The number of hydrogen-bond donors (Lipinski definition) is 2. The number of benzene rings is 1. The van der Waals surface area contributed by atoms with E-state index in [1.54, 1.807) is 0 Å². The molecular formula is C9H10N4. The van der Waals surface area contributed by atoms with Crippen molar-refractivity contribution >= 4 is 5.69 Å². The first-order chi connectivity index (χ1) is 6.25. The Morgan fingerprint density at radius 2 is 1.92 bits per heavy atom. The van der Waals surface area contributed by atoms with Gasteiger partial charge in [-0.05, 0) is 31.2 Å². The second-order valence-electron chi connectivity index (χ2n) is 2.87. The van der Waals surface area contributed by atoms with Gasteiger partial charge in [0, 0.05) is 11.3 Å². The third-order valence-corrected chi connectivity index (χ3v) is 1.77. The molecule has 1 aromatic carbocycles. The average Bonchev–Trinajstić information content (AvgIpc) is 2.53. The zero-order chi connectivity index (χ0) is 9.26. The fourth-order valence-corrected chi connectivity index (χ4v) is 1.10. The van der Waals surface area contributed by atoms with Gasteiger partial charge in [0.05, 0.1) is 0 Å². The zero-order valence-corrected chi connectivity index (χ0v) is 7.28. The summed E-state index contributed by atoms with van der Waals surface area (Å²) in [5.74, 6) is 1.52. The topological polar surface area (TPSA) is 67.6 Å². The summed E-state index contributed by atoms with van der Waals surface area (Å²) in [6, 6.07) is 7.47. The molecule has 0 radical (unpaired) electrons. The van der Waals surface area contributed by atoms with Gasteiger partial charge in [0.25, 0.3) is 0 Å². The monoisotopic (exact) mass is 174 g/mol. The highest BCUT2D eigenvalue weighted by atomic mass is 15.2. The Kier molecular flexibility index (Phi) is 1.73. The fourth-order valence-electron chi connectivity index (χ4n) is 1.10. The van der Waals surface area contributed by atoms with Gasteiger partial charge in [-0.15, -0.1) is 0 Å². The van der Waals surface area contributed by atoms with E-state index < -0.39 is 0 Å². The number of H-pyrrole nitrogens is 1. The summed E-state index contributed by atoms with van der Waals surface area (Å²) in [5, 5.41) is 6.83. The lowest BCUT2D eigenvalue weighted by Gasteiger charge is -1.94. The normalized spacial score (nSPS) is 10.2. The van der Waals surface area contributed by atoms with E-state index in [0.717, 1.165) is 17.1 Å². The number of anilines is 1. The van der Waals surface area contributed by atoms with Gasteiger partial charge < -0.3 is 5.73 Å². The largest absolute Gasteiger partial charge is 0.399 e. The van der Waals surface area contributed by atoms with E-state index in [-0.39, 0.29) is 0 Å². The van der Waals surface area contributed by atoms with Crippen molar-refractivity contribution in [3.63, 3.8) is 0 Å². The van der Waals surface area contributed by atoms with Crippen LogP contribution < -0.4 is 5.73 Å². The molecule has 4 nitrogen and oxygen atoms in total. The van der Waals surface area contributed by atoms with Crippen molar-refractivity contribution < 1.29 is 0 Å². The number of nitrogens with zero attached hydrogens (tertiary/aromatic N) is 2. The number of nitrogens with two attached hydrogens (primary N) is 1. The first-order valence-corrected chi connectivity index (χ1v) is 4.00. The summed E-state index contributed by atoms with van der Waals surface area (Å²) >= 11 is 0. The Morgan fingerprint density at radius 1 is 1.23 bits per heavy atom. The maximum Gasteiger partial charge on any atom is 0.181 e. The minimum Gasteiger partial charge on any atom is -0.399 e. The molecule has 0 aliphatic heterocycles. The molecule has 0 saturated carbocycles. The first kappa shape index (κ1) is 7.79. The Labute approximate surface area is 75.8 Å². The van der Waals surface area contributed by atoms with E-state index in [1.165, 1.54) is 0 Å². The lowest BCUT2D eigenvalue weighted by Crippen LogP contribution is -1.85. The number of aromatic nitrogens is 3. The second kappa shape index (κ2) is 2.90. The first-order valence-electron chi connectivity index (χ1n) is 4.00. The molecule has 0 spiro atoms. The SMILES string of the molecule is Cc1nc(-c2ccc(N)cc2)n[nH]1. The average molecular weight is 174 g/mol. The molecule has 0 aliphatic carbocycles. The molecule has 2 rings (SSSR count). The molecule has 0 atom stereocenters. The van der Waals surface area contributed by atoms with Crippen molar-refractivity contribution in [2.75, 3.05) is 5.73 Å². The standard InChI is InChI=1S/C9H10N4/c1-6-11-9(13-12-6)7-2-4-8(10)5-3-7/h2-5H,10H2,1H3,(H,11,12,13). The lowest BCUT2D eigenvalue weighted by atomic mass is 10.2. The summed E-state index contributed by atoms with van der Waals surface area (Å²) in [4.78, 5) is 4.20. The van der Waals surface area contributed by atoms with Gasteiger partial charge in [0.2, 0.25) is 0 Å². The molecule has 0 saturated heterocycles. The Hall–Kier alpha value is -1.84. The number of nitrogen functional groups attached to an aromatic ring is 1. The van der Waals surface area contributed by atoms with Crippen LogP contribution in [0.3, 0.4) is 0 Å².